The molecular weight excluding hydrogens is 247 g/mol. The average Bonchev–Trinajstić information content (AvgIpc) is 2.66. The Morgan fingerprint density at radius 2 is 2.36 bits per heavy atom. The van der Waals surface area contributed by atoms with E-state index in [4.69, 9.17) is 0 Å². The van der Waals surface area contributed by atoms with E-state index >= 15 is 0 Å². The highest BCUT2D eigenvalue weighted by atomic mass is 79.9. The number of hydrogen-bond acceptors (Lipinski definition) is 2. The third kappa shape index (κ3) is 2.07. The van der Waals surface area contributed by atoms with E-state index in [-0.39, 0.29) is 5.82 Å². The normalized spacial score (nSPS) is 21.1. The van der Waals surface area contributed by atoms with Crippen LogP contribution in [0.25, 0.3) is 0 Å². The summed E-state index contributed by atoms with van der Waals surface area (Å²) in [4.78, 5) is 0. The van der Waals surface area contributed by atoms with Gasteiger partial charge in [-0.3, -0.25) is 0 Å². The Morgan fingerprint density at radius 1 is 1.50 bits per heavy atom. The summed E-state index contributed by atoms with van der Waals surface area (Å²) in [5.74, 6) is -0.209. The molecule has 1 heterocycles. The molecule has 1 atom stereocenters. The molecule has 0 aromatic heterocycles. The number of anilines is 1. The van der Waals surface area contributed by atoms with Gasteiger partial charge in [-0.1, -0.05) is 6.07 Å². The molecule has 14 heavy (non-hydrogen) atoms. The van der Waals surface area contributed by atoms with E-state index in [0.717, 1.165) is 19.5 Å². The van der Waals surface area contributed by atoms with Gasteiger partial charge in [-0.05, 0) is 41.0 Å². The van der Waals surface area contributed by atoms with E-state index in [1.54, 1.807) is 12.1 Å². The standard InChI is InChI=1S/C10H12BrFN2/c11-8-2-1-3-9(10(8)12)14-7-4-5-13-6-7/h1-3,7,13-14H,4-6H2. The minimum Gasteiger partial charge on any atom is -0.379 e. The second-order valence-electron chi connectivity index (χ2n) is 3.44. The molecule has 2 N–H and O–H groups in total. The van der Waals surface area contributed by atoms with Gasteiger partial charge in [0.05, 0.1) is 10.2 Å². The molecule has 4 heteroatoms. The summed E-state index contributed by atoms with van der Waals surface area (Å²) >= 11 is 3.16. The van der Waals surface area contributed by atoms with E-state index < -0.39 is 0 Å². The van der Waals surface area contributed by atoms with Crippen molar-refractivity contribution in [3.8, 4) is 0 Å². The third-order valence-corrected chi connectivity index (χ3v) is 2.98. The number of nitrogens with one attached hydrogen (secondary N) is 2. The molecule has 0 saturated carbocycles. The summed E-state index contributed by atoms with van der Waals surface area (Å²) in [6, 6.07) is 5.64. The highest BCUT2D eigenvalue weighted by Crippen LogP contribution is 2.23. The number of hydrogen-bond donors (Lipinski definition) is 2. The summed E-state index contributed by atoms with van der Waals surface area (Å²) in [6.45, 7) is 1.92. The Balaban J connectivity index is 2.11. The molecule has 1 aliphatic rings. The number of benzene rings is 1. The first-order chi connectivity index (χ1) is 6.77. The van der Waals surface area contributed by atoms with Crippen LogP contribution in [0.15, 0.2) is 22.7 Å². The van der Waals surface area contributed by atoms with Crippen molar-refractivity contribution < 1.29 is 4.39 Å². The van der Waals surface area contributed by atoms with Crippen molar-refractivity contribution in [3.05, 3.63) is 28.5 Å². The minimum absolute atomic E-state index is 0.209. The lowest BCUT2D eigenvalue weighted by atomic mass is 10.2. The Bertz CT molecular complexity index is 324. The fourth-order valence-electron chi connectivity index (χ4n) is 1.61. The molecule has 0 amide bonds. The lowest BCUT2D eigenvalue weighted by Crippen LogP contribution is -2.22. The minimum atomic E-state index is -0.209. The van der Waals surface area contributed by atoms with Crippen LogP contribution < -0.4 is 10.6 Å². The SMILES string of the molecule is Fc1c(Br)cccc1NC1CCNC1. The highest BCUT2D eigenvalue weighted by molar-refractivity contribution is 9.10. The van der Waals surface area contributed by atoms with Gasteiger partial charge in [0.25, 0.3) is 0 Å². The molecule has 1 aromatic rings. The average molecular weight is 259 g/mol. The molecule has 1 saturated heterocycles. The molecule has 0 spiro atoms. The van der Waals surface area contributed by atoms with Gasteiger partial charge >= 0.3 is 0 Å². The van der Waals surface area contributed by atoms with Gasteiger partial charge in [0.1, 0.15) is 0 Å². The zero-order valence-corrected chi connectivity index (χ0v) is 9.27. The molecule has 0 bridgehead atoms. The maximum atomic E-state index is 13.5. The van der Waals surface area contributed by atoms with E-state index in [1.165, 1.54) is 0 Å². The van der Waals surface area contributed by atoms with E-state index in [0.29, 0.717) is 16.2 Å². The maximum absolute atomic E-state index is 13.5. The first kappa shape index (κ1) is 9.93. The van der Waals surface area contributed by atoms with Gasteiger partial charge in [-0.2, -0.15) is 0 Å². The fourth-order valence-corrected chi connectivity index (χ4v) is 1.98. The Kier molecular flexibility index (Phi) is 3.03. The zero-order chi connectivity index (χ0) is 9.97. The number of halogens is 2. The molecule has 1 aliphatic heterocycles. The predicted molar refractivity (Wildman–Crippen MR) is 59.0 cm³/mol. The summed E-state index contributed by atoms with van der Waals surface area (Å²) < 4.78 is 14.0. The summed E-state index contributed by atoms with van der Waals surface area (Å²) in [6.07, 6.45) is 1.05. The van der Waals surface area contributed by atoms with Crippen molar-refractivity contribution in [2.45, 2.75) is 12.5 Å². The van der Waals surface area contributed by atoms with Crippen molar-refractivity contribution in [1.82, 2.24) is 5.32 Å². The van der Waals surface area contributed by atoms with Crippen LogP contribution in [0, 0.1) is 5.82 Å². The van der Waals surface area contributed by atoms with Crippen LogP contribution in [0.1, 0.15) is 6.42 Å². The monoisotopic (exact) mass is 258 g/mol. The predicted octanol–water partition coefficient (Wildman–Crippen LogP) is 2.36. The lowest BCUT2D eigenvalue weighted by Gasteiger charge is -2.13. The molecule has 2 nitrogen and oxygen atoms in total. The molecule has 0 radical (unpaired) electrons. The smallest absolute Gasteiger partial charge is 0.160 e. The van der Waals surface area contributed by atoms with Crippen LogP contribution >= 0.6 is 15.9 Å². The molecule has 2 rings (SSSR count). The van der Waals surface area contributed by atoms with Crippen LogP contribution in [-0.2, 0) is 0 Å². The quantitative estimate of drug-likeness (QED) is 0.852. The largest absolute Gasteiger partial charge is 0.379 e. The Labute approximate surface area is 91.0 Å². The molecule has 1 aromatic carbocycles. The topological polar surface area (TPSA) is 24.1 Å². The van der Waals surface area contributed by atoms with E-state index in [9.17, 15) is 4.39 Å². The van der Waals surface area contributed by atoms with Crippen molar-refractivity contribution in [2.24, 2.45) is 0 Å². The Morgan fingerprint density at radius 3 is 3.07 bits per heavy atom. The van der Waals surface area contributed by atoms with Gasteiger partial charge in [-0.15, -0.1) is 0 Å². The molecule has 1 unspecified atom stereocenters. The van der Waals surface area contributed by atoms with E-state index in [2.05, 4.69) is 26.6 Å². The van der Waals surface area contributed by atoms with Crippen molar-refractivity contribution in [2.75, 3.05) is 18.4 Å². The van der Waals surface area contributed by atoms with Crippen LogP contribution in [-0.4, -0.2) is 19.1 Å². The third-order valence-electron chi connectivity index (χ3n) is 2.37. The van der Waals surface area contributed by atoms with Crippen LogP contribution in [0.5, 0.6) is 0 Å². The zero-order valence-electron chi connectivity index (χ0n) is 7.69. The van der Waals surface area contributed by atoms with Crippen molar-refractivity contribution in [1.29, 1.82) is 0 Å². The molecule has 0 aliphatic carbocycles. The molecule has 1 fully saturated rings. The molecule has 76 valence electrons. The maximum Gasteiger partial charge on any atom is 0.160 e. The van der Waals surface area contributed by atoms with Crippen LogP contribution in [0.2, 0.25) is 0 Å². The molecular formula is C10H12BrFN2. The highest BCUT2D eigenvalue weighted by Gasteiger charge is 2.15. The second-order valence-corrected chi connectivity index (χ2v) is 4.29. The lowest BCUT2D eigenvalue weighted by molar-refractivity contribution is 0.619. The van der Waals surface area contributed by atoms with Gasteiger partial charge in [-0.25, -0.2) is 4.39 Å². The number of rotatable bonds is 2. The van der Waals surface area contributed by atoms with Gasteiger partial charge < -0.3 is 10.6 Å². The van der Waals surface area contributed by atoms with Gasteiger partial charge in [0.2, 0.25) is 0 Å². The Hall–Kier alpha value is -0.610. The summed E-state index contributed by atoms with van der Waals surface area (Å²) in [5, 5.41) is 6.41. The van der Waals surface area contributed by atoms with E-state index in [1.807, 2.05) is 6.07 Å². The summed E-state index contributed by atoms with van der Waals surface area (Å²) in [7, 11) is 0. The summed E-state index contributed by atoms with van der Waals surface area (Å²) in [5.41, 5.74) is 0.577. The van der Waals surface area contributed by atoms with Gasteiger partial charge in [0.15, 0.2) is 5.82 Å². The first-order valence-corrected chi connectivity index (χ1v) is 5.48. The van der Waals surface area contributed by atoms with Crippen LogP contribution in [0.4, 0.5) is 10.1 Å². The fraction of sp³-hybridized carbons (Fsp3) is 0.400. The second kappa shape index (κ2) is 4.28. The van der Waals surface area contributed by atoms with Crippen LogP contribution in [0.3, 0.4) is 0 Å². The van der Waals surface area contributed by atoms with Crippen molar-refractivity contribution in [3.63, 3.8) is 0 Å². The first-order valence-electron chi connectivity index (χ1n) is 4.68. The van der Waals surface area contributed by atoms with Crippen molar-refractivity contribution >= 4 is 21.6 Å². The van der Waals surface area contributed by atoms with Gasteiger partial charge in [0, 0.05) is 12.6 Å².